The molecule has 4 heteroatoms. The number of hydrogen-bond acceptors (Lipinski definition) is 4. The van der Waals surface area contributed by atoms with Gasteiger partial charge in [-0.2, -0.15) is 11.8 Å². The second kappa shape index (κ2) is 5.14. The van der Waals surface area contributed by atoms with E-state index in [9.17, 15) is 0 Å². The minimum Gasteiger partial charge on any atom is -0.311 e. The number of nitrogens with zero attached hydrogens (tertiary/aromatic N) is 1. The molecule has 1 unspecified atom stereocenters. The molecule has 2 heterocycles. The summed E-state index contributed by atoms with van der Waals surface area (Å²) in [4.78, 5) is 4.43. The van der Waals surface area contributed by atoms with Crippen LogP contribution in [0, 0.1) is 12.8 Å². The third-order valence-corrected chi connectivity index (χ3v) is 4.48. The highest BCUT2D eigenvalue weighted by Gasteiger charge is 2.14. The number of thioether (sulfide) groups is 1. The lowest BCUT2D eigenvalue weighted by atomic mass is 10.1. The number of hydrogen-bond donors (Lipinski definition) is 1. The van der Waals surface area contributed by atoms with Crippen LogP contribution in [0.3, 0.4) is 0 Å². The molecule has 2 rings (SSSR count). The van der Waals surface area contributed by atoms with Crippen LogP contribution in [0.2, 0.25) is 0 Å². The molecule has 1 atom stereocenters. The fraction of sp³-hybridized carbons (Fsp3) is 0.700. The van der Waals surface area contributed by atoms with E-state index in [1.807, 2.05) is 0 Å². The van der Waals surface area contributed by atoms with Crippen molar-refractivity contribution < 1.29 is 0 Å². The Hall–Kier alpha value is -0.0600. The van der Waals surface area contributed by atoms with Crippen LogP contribution in [0.25, 0.3) is 0 Å². The van der Waals surface area contributed by atoms with Gasteiger partial charge in [0.25, 0.3) is 0 Å². The molecule has 0 aromatic carbocycles. The van der Waals surface area contributed by atoms with Crippen molar-refractivity contribution in [2.45, 2.75) is 19.9 Å². The van der Waals surface area contributed by atoms with Gasteiger partial charge in [0.1, 0.15) is 0 Å². The summed E-state index contributed by atoms with van der Waals surface area (Å²) in [5, 5.41) is 6.80. The first-order valence-electron chi connectivity index (χ1n) is 5.04. The lowest BCUT2D eigenvalue weighted by Gasteiger charge is -2.08. The molecule has 0 saturated carbocycles. The standard InChI is InChI=1S/C10H16N2S2/c1-8-12-10(7-14-8)5-11-4-9-2-3-13-6-9/h7,9,11H,2-6H2,1H3. The van der Waals surface area contributed by atoms with Gasteiger partial charge >= 0.3 is 0 Å². The van der Waals surface area contributed by atoms with Gasteiger partial charge in [0.05, 0.1) is 10.7 Å². The van der Waals surface area contributed by atoms with Gasteiger partial charge in [-0.15, -0.1) is 11.3 Å². The van der Waals surface area contributed by atoms with Gasteiger partial charge in [0, 0.05) is 11.9 Å². The number of rotatable bonds is 4. The highest BCUT2D eigenvalue weighted by atomic mass is 32.2. The predicted octanol–water partition coefficient (Wildman–Crippen LogP) is 2.29. The molecule has 0 radical (unpaired) electrons. The van der Waals surface area contributed by atoms with Crippen molar-refractivity contribution in [1.29, 1.82) is 0 Å². The van der Waals surface area contributed by atoms with Crippen LogP contribution in [-0.4, -0.2) is 23.0 Å². The van der Waals surface area contributed by atoms with E-state index in [0.29, 0.717) is 0 Å². The maximum absolute atomic E-state index is 4.43. The van der Waals surface area contributed by atoms with E-state index in [4.69, 9.17) is 0 Å². The minimum atomic E-state index is 0.889. The third kappa shape index (κ3) is 2.97. The Labute approximate surface area is 93.5 Å². The molecule has 1 saturated heterocycles. The van der Waals surface area contributed by atoms with Crippen LogP contribution in [0.5, 0.6) is 0 Å². The third-order valence-electron chi connectivity index (χ3n) is 2.43. The molecule has 1 aromatic rings. The summed E-state index contributed by atoms with van der Waals surface area (Å²) in [6.07, 6.45) is 1.38. The maximum Gasteiger partial charge on any atom is 0.0897 e. The van der Waals surface area contributed by atoms with Gasteiger partial charge in [-0.25, -0.2) is 4.98 Å². The van der Waals surface area contributed by atoms with Crippen molar-refractivity contribution in [3.05, 3.63) is 16.1 Å². The summed E-state index contributed by atoms with van der Waals surface area (Å²) in [5.74, 6) is 3.57. The smallest absolute Gasteiger partial charge is 0.0897 e. The highest BCUT2D eigenvalue weighted by Crippen LogP contribution is 2.22. The highest BCUT2D eigenvalue weighted by molar-refractivity contribution is 7.99. The lowest BCUT2D eigenvalue weighted by Crippen LogP contribution is -2.22. The first kappa shape index (κ1) is 10.5. The summed E-state index contributed by atoms with van der Waals surface area (Å²) in [7, 11) is 0. The van der Waals surface area contributed by atoms with Crippen LogP contribution in [0.1, 0.15) is 17.1 Å². The summed E-state index contributed by atoms with van der Waals surface area (Å²) < 4.78 is 0. The molecule has 1 aliphatic rings. The van der Waals surface area contributed by atoms with Crippen molar-refractivity contribution >= 4 is 23.1 Å². The zero-order valence-corrected chi connectivity index (χ0v) is 10.1. The Morgan fingerprint density at radius 3 is 3.21 bits per heavy atom. The normalized spacial score (nSPS) is 21.6. The largest absolute Gasteiger partial charge is 0.311 e. The molecule has 0 aliphatic carbocycles. The first-order valence-corrected chi connectivity index (χ1v) is 7.07. The maximum atomic E-state index is 4.43. The van der Waals surface area contributed by atoms with Gasteiger partial charge in [-0.3, -0.25) is 0 Å². The second-order valence-electron chi connectivity index (χ2n) is 3.72. The number of aromatic nitrogens is 1. The fourth-order valence-corrected chi connectivity index (χ4v) is 3.54. The van der Waals surface area contributed by atoms with Gasteiger partial charge < -0.3 is 5.32 Å². The quantitative estimate of drug-likeness (QED) is 0.856. The predicted molar refractivity (Wildman–Crippen MR) is 64.0 cm³/mol. The van der Waals surface area contributed by atoms with E-state index in [1.54, 1.807) is 11.3 Å². The molecule has 1 aliphatic heterocycles. The van der Waals surface area contributed by atoms with Gasteiger partial charge in [-0.05, 0) is 37.3 Å². The van der Waals surface area contributed by atoms with E-state index in [2.05, 4.69) is 34.4 Å². The molecule has 14 heavy (non-hydrogen) atoms. The van der Waals surface area contributed by atoms with E-state index in [0.717, 1.165) is 19.0 Å². The summed E-state index contributed by atoms with van der Waals surface area (Å²) in [6, 6.07) is 0. The Morgan fingerprint density at radius 2 is 2.57 bits per heavy atom. The van der Waals surface area contributed by atoms with Crippen LogP contribution in [0.15, 0.2) is 5.38 Å². The average molecular weight is 228 g/mol. The summed E-state index contributed by atoms with van der Waals surface area (Å²) in [5.41, 5.74) is 1.19. The Kier molecular flexibility index (Phi) is 3.84. The van der Waals surface area contributed by atoms with E-state index < -0.39 is 0 Å². The van der Waals surface area contributed by atoms with Gasteiger partial charge in [0.15, 0.2) is 0 Å². The zero-order chi connectivity index (χ0) is 9.80. The van der Waals surface area contributed by atoms with E-state index in [1.165, 1.54) is 28.6 Å². The molecule has 1 fully saturated rings. The Morgan fingerprint density at radius 1 is 1.64 bits per heavy atom. The zero-order valence-electron chi connectivity index (χ0n) is 8.45. The molecular formula is C10H16N2S2. The molecule has 2 nitrogen and oxygen atoms in total. The molecule has 1 N–H and O–H groups in total. The molecule has 1 aromatic heterocycles. The fourth-order valence-electron chi connectivity index (χ4n) is 1.64. The lowest BCUT2D eigenvalue weighted by molar-refractivity contribution is 0.520. The van der Waals surface area contributed by atoms with Crippen molar-refractivity contribution in [2.24, 2.45) is 5.92 Å². The Bertz CT molecular complexity index is 279. The topological polar surface area (TPSA) is 24.9 Å². The molecule has 0 amide bonds. The minimum absolute atomic E-state index is 0.889. The molecular weight excluding hydrogens is 212 g/mol. The van der Waals surface area contributed by atoms with Crippen LogP contribution >= 0.6 is 23.1 Å². The number of aryl methyl sites for hydroxylation is 1. The van der Waals surface area contributed by atoms with E-state index in [-0.39, 0.29) is 0 Å². The van der Waals surface area contributed by atoms with Gasteiger partial charge in [0.2, 0.25) is 0 Å². The monoisotopic (exact) mass is 228 g/mol. The molecule has 0 spiro atoms. The average Bonchev–Trinajstić information content (AvgIpc) is 2.77. The summed E-state index contributed by atoms with van der Waals surface area (Å²) in [6.45, 7) is 4.15. The second-order valence-corrected chi connectivity index (χ2v) is 5.93. The van der Waals surface area contributed by atoms with Crippen LogP contribution in [-0.2, 0) is 6.54 Å². The first-order chi connectivity index (χ1) is 6.84. The van der Waals surface area contributed by atoms with Crippen LogP contribution in [0.4, 0.5) is 0 Å². The number of thiazole rings is 1. The summed E-state index contributed by atoms with van der Waals surface area (Å²) >= 11 is 3.81. The molecule has 78 valence electrons. The van der Waals surface area contributed by atoms with E-state index >= 15 is 0 Å². The van der Waals surface area contributed by atoms with Crippen molar-refractivity contribution in [1.82, 2.24) is 10.3 Å². The Balaban J connectivity index is 1.67. The SMILES string of the molecule is Cc1nc(CNCC2CCSC2)cs1. The van der Waals surface area contributed by atoms with Gasteiger partial charge in [-0.1, -0.05) is 0 Å². The van der Waals surface area contributed by atoms with Crippen LogP contribution < -0.4 is 5.32 Å². The van der Waals surface area contributed by atoms with Crippen molar-refractivity contribution in [2.75, 3.05) is 18.1 Å². The van der Waals surface area contributed by atoms with Crippen molar-refractivity contribution in [3.63, 3.8) is 0 Å². The molecule has 0 bridgehead atoms. The number of nitrogens with one attached hydrogen (secondary N) is 1. The van der Waals surface area contributed by atoms with Crippen molar-refractivity contribution in [3.8, 4) is 0 Å².